The first-order chi connectivity index (χ1) is 11.3. The van der Waals surface area contributed by atoms with Crippen LogP contribution in [-0.4, -0.2) is 68.3 Å². The minimum absolute atomic E-state index is 0.141. The summed E-state index contributed by atoms with van der Waals surface area (Å²) in [6, 6.07) is 2.19. The molecule has 3 rings (SSSR count). The van der Waals surface area contributed by atoms with Gasteiger partial charge < -0.3 is 9.47 Å². The monoisotopic (exact) mass is 338 g/mol. The Morgan fingerprint density at radius 1 is 1.39 bits per heavy atom. The number of carbonyl (C=O) groups excluding carboxylic acids is 1. The molecule has 0 amide bonds. The van der Waals surface area contributed by atoms with E-state index in [0.29, 0.717) is 6.04 Å². The number of hydrogen-bond acceptors (Lipinski definition) is 6. The third kappa shape index (κ3) is 4.12. The summed E-state index contributed by atoms with van der Waals surface area (Å²) in [5, 5.41) is 4.11. The maximum Gasteiger partial charge on any atom is 0.327 e. The Kier molecular flexibility index (Phi) is 6.05. The van der Waals surface area contributed by atoms with Gasteiger partial charge in [-0.15, -0.1) is 0 Å². The van der Waals surface area contributed by atoms with Crippen LogP contribution in [0.3, 0.4) is 0 Å². The molecule has 2 fully saturated rings. The number of piperidine rings is 1. The van der Waals surface area contributed by atoms with Gasteiger partial charge in [-0.2, -0.15) is 11.3 Å². The Balaban J connectivity index is 1.76. The van der Waals surface area contributed by atoms with Crippen molar-refractivity contribution in [3.63, 3.8) is 0 Å². The number of methoxy groups -OCH3 is 1. The molecule has 0 spiro atoms. The number of rotatable bonds is 5. The Morgan fingerprint density at radius 3 is 2.91 bits per heavy atom. The molecule has 6 heteroatoms. The van der Waals surface area contributed by atoms with Crippen molar-refractivity contribution in [2.24, 2.45) is 0 Å². The number of morpholine rings is 1. The summed E-state index contributed by atoms with van der Waals surface area (Å²) in [5.41, 5.74) is 1.07. The van der Waals surface area contributed by atoms with Crippen molar-refractivity contribution in [1.29, 1.82) is 0 Å². The SMILES string of the molecule is COC(=O)C(c1ccsc1)N1CCCCC1CN1CCOCC1. The van der Waals surface area contributed by atoms with Crippen LogP contribution in [0, 0.1) is 0 Å². The molecule has 1 aromatic heterocycles. The molecule has 2 saturated heterocycles. The van der Waals surface area contributed by atoms with Crippen molar-refractivity contribution in [3.05, 3.63) is 22.4 Å². The molecular formula is C17H26N2O3S. The molecule has 3 heterocycles. The number of esters is 1. The van der Waals surface area contributed by atoms with Gasteiger partial charge >= 0.3 is 5.97 Å². The molecule has 0 saturated carbocycles. The van der Waals surface area contributed by atoms with Crippen molar-refractivity contribution < 1.29 is 14.3 Å². The third-order valence-electron chi connectivity index (χ3n) is 4.86. The number of hydrogen-bond donors (Lipinski definition) is 0. The Morgan fingerprint density at radius 2 is 2.22 bits per heavy atom. The van der Waals surface area contributed by atoms with E-state index in [1.165, 1.54) is 13.5 Å². The molecule has 2 aliphatic rings. The van der Waals surface area contributed by atoms with Crippen LogP contribution in [0.4, 0.5) is 0 Å². The highest BCUT2D eigenvalue weighted by molar-refractivity contribution is 7.08. The van der Waals surface area contributed by atoms with Gasteiger partial charge in [0.1, 0.15) is 6.04 Å². The lowest BCUT2D eigenvalue weighted by molar-refractivity contribution is -0.149. The molecule has 2 atom stereocenters. The second kappa shape index (κ2) is 8.24. The third-order valence-corrected chi connectivity index (χ3v) is 5.56. The topological polar surface area (TPSA) is 42.0 Å². The molecule has 0 aromatic carbocycles. The van der Waals surface area contributed by atoms with Gasteiger partial charge in [0.05, 0.1) is 20.3 Å². The van der Waals surface area contributed by atoms with Crippen LogP contribution in [0.15, 0.2) is 16.8 Å². The predicted octanol–water partition coefficient (Wildman–Crippen LogP) is 2.15. The zero-order valence-corrected chi connectivity index (χ0v) is 14.6. The van der Waals surface area contributed by atoms with E-state index in [1.807, 2.05) is 11.4 Å². The number of carbonyl (C=O) groups is 1. The largest absolute Gasteiger partial charge is 0.468 e. The summed E-state index contributed by atoms with van der Waals surface area (Å²) in [7, 11) is 1.49. The molecule has 0 N–H and O–H groups in total. The van der Waals surface area contributed by atoms with E-state index in [1.54, 1.807) is 11.3 Å². The smallest absolute Gasteiger partial charge is 0.327 e. The molecule has 1 aromatic rings. The van der Waals surface area contributed by atoms with Gasteiger partial charge in [-0.25, -0.2) is 4.79 Å². The van der Waals surface area contributed by atoms with Crippen LogP contribution in [-0.2, 0) is 14.3 Å². The van der Waals surface area contributed by atoms with Crippen LogP contribution in [0.1, 0.15) is 30.9 Å². The van der Waals surface area contributed by atoms with Crippen LogP contribution in [0.5, 0.6) is 0 Å². The fraction of sp³-hybridized carbons (Fsp3) is 0.706. The van der Waals surface area contributed by atoms with Crippen LogP contribution < -0.4 is 0 Å². The standard InChI is InChI=1S/C17H26N2O3S/c1-21-17(20)16(14-5-11-23-13-14)19-6-3-2-4-15(19)12-18-7-9-22-10-8-18/h5,11,13,15-16H,2-4,6-10,12H2,1H3. The number of ether oxygens (including phenoxy) is 2. The van der Waals surface area contributed by atoms with E-state index in [0.717, 1.165) is 57.8 Å². The van der Waals surface area contributed by atoms with Gasteiger partial charge in [0, 0.05) is 25.7 Å². The molecule has 0 radical (unpaired) electrons. The molecule has 0 bridgehead atoms. The molecule has 0 aliphatic carbocycles. The van der Waals surface area contributed by atoms with E-state index < -0.39 is 0 Å². The summed E-state index contributed by atoms with van der Waals surface area (Å²) in [4.78, 5) is 17.3. The zero-order valence-electron chi connectivity index (χ0n) is 13.8. The summed E-state index contributed by atoms with van der Waals surface area (Å²) in [6.45, 7) is 5.60. The van der Waals surface area contributed by atoms with Crippen LogP contribution in [0.2, 0.25) is 0 Å². The van der Waals surface area contributed by atoms with Crippen molar-refractivity contribution in [1.82, 2.24) is 9.80 Å². The summed E-state index contributed by atoms with van der Waals surface area (Å²) in [5.74, 6) is -0.141. The number of thiophene rings is 1. The van der Waals surface area contributed by atoms with Crippen molar-refractivity contribution in [2.75, 3.05) is 46.5 Å². The summed E-state index contributed by atoms with van der Waals surface area (Å²) < 4.78 is 10.6. The van der Waals surface area contributed by atoms with Crippen molar-refractivity contribution >= 4 is 17.3 Å². The van der Waals surface area contributed by atoms with Gasteiger partial charge in [-0.3, -0.25) is 9.80 Å². The Labute approximate surface area is 142 Å². The lowest BCUT2D eigenvalue weighted by atomic mass is 9.96. The quantitative estimate of drug-likeness (QED) is 0.770. The first-order valence-electron chi connectivity index (χ1n) is 8.45. The Bertz CT molecular complexity index is 488. The first kappa shape index (κ1) is 16.9. The van der Waals surface area contributed by atoms with E-state index in [2.05, 4.69) is 15.2 Å². The van der Waals surface area contributed by atoms with Gasteiger partial charge in [-0.1, -0.05) is 6.42 Å². The predicted molar refractivity (Wildman–Crippen MR) is 90.7 cm³/mol. The van der Waals surface area contributed by atoms with Crippen LogP contribution >= 0.6 is 11.3 Å². The number of likely N-dealkylation sites (tertiary alicyclic amines) is 1. The van der Waals surface area contributed by atoms with E-state index in [-0.39, 0.29) is 12.0 Å². The minimum atomic E-state index is -0.266. The fourth-order valence-electron chi connectivity index (χ4n) is 3.65. The lowest BCUT2D eigenvalue weighted by Gasteiger charge is -2.42. The van der Waals surface area contributed by atoms with Gasteiger partial charge in [0.25, 0.3) is 0 Å². The Hall–Kier alpha value is -0.950. The second-order valence-corrected chi connectivity index (χ2v) is 7.06. The molecule has 23 heavy (non-hydrogen) atoms. The minimum Gasteiger partial charge on any atom is -0.468 e. The second-order valence-electron chi connectivity index (χ2n) is 6.28. The summed E-state index contributed by atoms with van der Waals surface area (Å²) >= 11 is 1.64. The first-order valence-corrected chi connectivity index (χ1v) is 9.39. The maximum absolute atomic E-state index is 12.5. The molecule has 2 aliphatic heterocycles. The molecular weight excluding hydrogens is 312 g/mol. The highest BCUT2D eigenvalue weighted by Gasteiger charge is 2.36. The van der Waals surface area contributed by atoms with Crippen LogP contribution in [0.25, 0.3) is 0 Å². The molecule has 5 nitrogen and oxygen atoms in total. The lowest BCUT2D eigenvalue weighted by Crippen LogP contribution is -2.51. The average molecular weight is 338 g/mol. The zero-order chi connectivity index (χ0) is 16.1. The fourth-order valence-corrected chi connectivity index (χ4v) is 4.32. The van der Waals surface area contributed by atoms with Crippen molar-refractivity contribution in [3.8, 4) is 0 Å². The van der Waals surface area contributed by atoms with Gasteiger partial charge in [-0.05, 0) is 41.8 Å². The van der Waals surface area contributed by atoms with E-state index >= 15 is 0 Å². The molecule has 128 valence electrons. The van der Waals surface area contributed by atoms with Gasteiger partial charge in [0.15, 0.2) is 0 Å². The van der Waals surface area contributed by atoms with Crippen molar-refractivity contribution in [2.45, 2.75) is 31.3 Å². The number of nitrogens with zero attached hydrogens (tertiary/aromatic N) is 2. The molecule has 2 unspecified atom stereocenters. The average Bonchev–Trinajstić information content (AvgIpc) is 3.11. The normalized spacial score (nSPS) is 25.2. The maximum atomic E-state index is 12.5. The highest BCUT2D eigenvalue weighted by Crippen LogP contribution is 2.31. The van der Waals surface area contributed by atoms with E-state index in [4.69, 9.17) is 9.47 Å². The van der Waals surface area contributed by atoms with Gasteiger partial charge in [0.2, 0.25) is 0 Å². The highest BCUT2D eigenvalue weighted by atomic mass is 32.1. The van der Waals surface area contributed by atoms with E-state index in [9.17, 15) is 4.79 Å². The summed E-state index contributed by atoms with van der Waals surface area (Å²) in [6.07, 6.45) is 3.54.